The van der Waals surface area contributed by atoms with Gasteiger partial charge >= 0.3 is 5.97 Å². The molecule has 0 fully saturated rings. The molecule has 66 heavy (non-hydrogen) atoms. The highest BCUT2D eigenvalue weighted by Crippen LogP contribution is 2.18. The van der Waals surface area contributed by atoms with E-state index in [0.717, 1.165) is 44.9 Å². The van der Waals surface area contributed by atoms with E-state index in [-0.39, 0.29) is 18.5 Å². The third-order valence-corrected chi connectivity index (χ3v) is 14.1. The molecule has 0 heterocycles. The first-order chi connectivity index (χ1) is 32.5. The molecule has 1 amide bonds. The topological polar surface area (TPSA) is 95.9 Å². The Morgan fingerprint density at radius 3 is 1.08 bits per heavy atom. The van der Waals surface area contributed by atoms with E-state index in [0.29, 0.717) is 25.9 Å². The van der Waals surface area contributed by atoms with Gasteiger partial charge in [0.05, 0.1) is 25.4 Å². The Kier molecular flexibility index (Phi) is 55.0. The van der Waals surface area contributed by atoms with Gasteiger partial charge in [0.2, 0.25) is 5.91 Å². The van der Waals surface area contributed by atoms with Crippen LogP contribution in [0.2, 0.25) is 0 Å². The lowest BCUT2D eigenvalue weighted by atomic mass is 10.0. The highest BCUT2D eigenvalue weighted by Gasteiger charge is 2.20. The molecule has 6 heteroatoms. The molecule has 0 spiro atoms. The van der Waals surface area contributed by atoms with Crippen LogP contribution in [0.4, 0.5) is 0 Å². The van der Waals surface area contributed by atoms with Crippen molar-refractivity contribution in [3.8, 4) is 0 Å². The van der Waals surface area contributed by atoms with Crippen molar-refractivity contribution in [2.24, 2.45) is 0 Å². The predicted molar refractivity (Wildman–Crippen MR) is 287 cm³/mol. The van der Waals surface area contributed by atoms with Gasteiger partial charge in [-0.3, -0.25) is 9.59 Å². The van der Waals surface area contributed by atoms with Crippen molar-refractivity contribution in [1.82, 2.24) is 5.32 Å². The first kappa shape index (κ1) is 64.6. The molecule has 0 rings (SSSR count). The van der Waals surface area contributed by atoms with Crippen LogP contribution in [0.1, 0.15) is 335 Å². The van der Waals surface area contributed by atoms with Gasteiger partial charge in [-0.05, 0) is 51.4 Å². The number of aliphatic hydroxyl groups is 2. The van der Waals surface area contributed by atoms with Gasteiger partial charge in [0.25, 0.3) is 0 Å². The van der Waals surface area contributed by atoms with Gasteiger partial charge in [-0.25, -0.2) is 0 Å². The van der Waals surface area contributed by atoms with Crippen molar-refractivity contribution in [2.45, 2.75) is 347 Å². The summed E-state index contributed by atoms with van der Waals surface area (Å²) in [4.78, 5) is 24.5. The number of carbonyl (C=O) groups excluding carboxylic acids is 2. The number of aliphatic hydroxyl groups excluding tert-OH is 2. The zero-order valence-electron chi connectivity index (χ0n) is 44.7. The number of ether oxygens (including phenoxy) is 1. The van der Waals surface area contributed by atoms with Crippen LogP contribution in [-0.4, -0.2) is 47.4 Å². The van der Waals surface area contributed by atoms with E-state index in [1.54, 1.807) is 0 Å². The number of rotatable bonds is 56. The Hall–Kier alpha value is -1.40. The normalized spacial score (nSPS) is 12.6. The van der Waals surface area contributed by atoms with Crippen molar-refractivity contribution in [3.63, 3.8) is 0 Å². The molecule has 0 saturated heterocycles. The fraction of sp³-hybridized carbons (Fsp3) is 0.933. The van der Waals surface area contributed by atoms with Crippen LogP contribution in [0, 0.1) is 0 Å². The number of amides is 1. The van der Waals surface area contributed by atoms with Crippen LogP contribution < -0.4 is 5.32 Å². The Bertz CT molecular complexity index is 986. The lowest BCUT2D eigenvalue weighted by Gasteiger charge is -2.22. The van der Waals surface area contributed by atoms with Crippen molar-refractivity contribution in [1.29, 1.82) is 0 Å². The standard InChI is InChI=1S/C60H117NO5/c1-3-5-7-9-11-13-15-17-18-26-30-34-38-42-46-50-54-60(65)66-55-51-47-43-39-35-31-27-24-22-20-19-21-23-25-29-33-37-41-45-49-53-59(64)61-57(56-62)58(63)52-48-44-40-36-32-28-16-14-12-10-8-6-4-2/h18,26,57-58,62-63H,3-17,19-25,27-56H2,1-2H3,(H,61,64)/b26-18-. The minimum atomic E-state index is -0.664. The second-order valence-corrected chi connectivity index (χ2v) is 20.7. The zero-order chi connectivity index (χ0) is 47.9. The molecule has 0 aromatic rings. The fourth-order valence-corrected chi connectivity index (χ4v) is 9.46. The quantitative estimate of drug-likeness (QED) is 0.0321. The summed E-state index contributed by atoms with van der Waals surface area (Å²) in [6.07, 6.45) is 66.4. The summed E-state index contributed by atoms with van der Waals surface area (Å²) >= 11 is 0. The Morgan fingerprint density at radius 2 is 0.712 bits per heavy atom. The van der Waals surface area contributed by atoms with E-state index in [1.165, 1.54) is 257 Å². The largest absolute Gasteiger partial charge is 0.466 e. The summed E-state index contributed by atoms with van der Waals surface area (Å²) in [5, 5.41) is 23.2. The first-order valence-corrected chi connectivity index (χ1v) is 29.9. The van der Waals surface area contributed by atoms with E-state index in [9.17, 15) is 19.8 Å². The molecule has 3 N–H and O–H groups in total. The van der Waals surface area contributed by atoms with Crippen molar-refractivity contribution < 1.29 is 24.5 Å². The summed E-state index contributed by atoms with van der Waals surface area (Å²) < 4.78 is 5.48. The number of hydrogen-bond donors (Lipinski definition) is 3. The van der Waals surface area contributed by atoms with Gasteiger partial charge in [-0.15, -0.1) is 0 Å². The molecule has 2 unspecified atom stereocenters. The van der Waals surface area contributed by atoms with Crippen LogP contribution in [0.25, 0.3) is 0 Å². The van der Waals surface area contributed by atoms with Crippen LogP contribution in [0.15, 0.2) is 12.2 Å². The van der Waals surface area contributed by atoms with Crippen molar-refractivity contribution >= 4 is 11.9 Å². The van der Waals surface area contributed by atoms with Gasteiger partial charge in [-0.1, -0.05) is 283 Å². The van der Waals surface area contributed by atoms with E-state index in [2.05, 4.69) is 31.3 Å². The van der Waals surface area contributed by atoms with Crippen LogP contribution in [-0.2, 0) is 14.3 Å². The lowest BCUT2D eigenvalue weighted by molar-refractivity contribution is -0.143. The van der Waals surface area contributed by atoms with Crippen LogP contribution in [0.3, 0.4) is 0 Å². The van der Waals surface area contributed by atoms with E-state index >= 15 is 0 Å². The maximum absolute atomic E-state index is 12.5. The molecule has 0 aromatic heterocycles. The van der Waals surface area contributed by atoms with Crippen LogP contribution >= 0.6 is 0 Å². The monoisotopic (exact) mass is 932 g/mol. The Morgan fingerprint density at radius 1 is 0.409 bits per heavy atom. The second-order valence-electron chi connectivity index (χ2n) is 20.7. The molecule has 0 aliphatic rings. The molecule has 0 saturated carbocycles. The minimum absolute atomic E-state index is 0.00382. The average molecular weight is 933 g/mol. The molecule has 392 valence electrons. The summed E-state index contributed by atoms with van der Waals surface area (Å²) in [6.45, 7) is 4.96. The lowest BCUT2D eigenvalue weighted by Crippen LogP contribution is -2.45. The summed E-state index contributed by atoms with van der Waals surface area (Å²) in [5.74, 6) is -0.0317. The van der Waals surface area contributed by atoms with Gasteiger partial charge in [-0.2, -0.15) is 0 Å². The molecular formula is C60H117NO5. The number of hydrogen-bond acceptors (Lipinski definition) is 5. The van der Waals surface area contributed by atoms with E-state index < -0.39 is 12.1 Å². The van der Waals surface area contributed by atoms with Crippen LogP contribution in [0.5, 0.6) is 0 Å². The molecule has 6 nitrogen and oxygen atoms in total. The SMILES string of the molecule is CCCCCCCCC/C=C\CCCCCCCC(=O)OCCCCCCCCCCCCCCCCCCCCCCC(=O)NC(CO)C(O)CCCCCCCCCCCCCCC. The molecule has 0 bridgehead atoms. The zero-order valence-corrected chi connectivity index (χ0v) is 44.7. The summed E-state index contributed by atoms with van der Waals surface area (Å²) in [6, 6.07) is -0.541. The second kappa shape index (κ2) is 56.2. The Balaban J connectivity index is 3.37. The number of esters is 1. The first-order valence-electron chi connectivity index (χ1n) is 29.9. The van der Waals surface area contributed by atoms with Crippen molar-refractivity contribution in [2.75, 3.05) is 13.2 Å². The van der Waals surface area contributed by atoms with Crippen molar-refractivity contribution in [3.05, 3.63) is 12.2 Å². The number of carbonyl (C=O) groups is 2. The van der Waals surface area contributed by atoms with Gasteiger partial charge in [0.15, 0.2) is 0 Å². The number of nitrogens with one attached hydrogen (secondary N) is 1. The van der Waals surface area contributed by atoms with Gasteiger partial charge in [0.1, 0.15) is 0 Å². The molecule has 0 aliphatic heterocycles. The van der Waals surface area contributed by atoms with Gasteiger partial charge in [0, 0.05) is 12.8 Å². The van der Waals surface area contributed by atoms with E-state index in [1.807, 2.05) is 0 Å². The Labute approximate surface area is 412 Å². The third-order valence-electron chi connectivity index (χ3n) is 14.1. The highest BCUT2D eigenvalue weighted by molar-refractivity contribution is 5.76. The smallest absolute Gasteiger partial charge is 0.305 e. The number of allylic oxidation sites excluding steroid dienone is 2. The number of unbranched alkanes of at least 4 members (excludes halogenated alkanes) is 43. The summed E-state index contributed by atoms with van der Waals surface area (Å²) in [5.41, 5.74) is 0. The molecule has 0 aromatic carbocycles. The minimum Gasteiger partial charge on any atom is -0.466 e. The third kappa shape index (κ3) is 52.0. The molecule has 2 atom stereocenters. The molecule has 0 radical (unpaired) electrons. The summed E-state index contributed by atoms with van der Waals surface area (Å²) in [7, 11) is 0. The molecular weight excluding hydrogens is 815 g/mol. The van der Waals surface area contributed by atoms with Gasteiger partial charge < -0.3 is 20.3 Å². The predicted octanol–water partition coefficient (Wildman–Crippen LogP) is 18.5. The maximum atomic E-state index is 12.5. The fourth-order valence-electron chi connectivity index (χ4n) is 9.46. The highest BCUT2D eigenvalue weighted by atomic mass is 16.5. The average Bonchev–Trinajstić information content (AvgIpc) is 3.32. The van der Waals surface area contributed by atoms with E-state index in [4.69, 9.17) is 4.74 Å². The maximum Gasteiger partial charge on any atom is 0.305 e. The molecule has 0 aliphatic carbocycles.